The number of thioether (sulfide) groups is 1. The number of aliphatic imine (C=N–C) groups is 1. The van der Waals surface area contributed by atoms with Crippen LogP contribution in [0.5, 0.6) is 0 Å². The molecule has 0 atom stereocenters. The van der Waals surface area contributed by atoms with Gasteiger partial charge in [0.2, 0.25) is 0 Å². The van der Waals surface area contributed by atoms with E-state index in [0.29, 0.717) is 19.6 Å². The average molecular weight is 483 g/mol. The first-order valence-electron chi connectivity index (χ1n) is 7.60. The fourth-order valence-corrected chi connectivity index (χ4v) is 4.36. The van der Waals surface area contributed by atoms with Gasteiger partial charge in [0.25, 0.3) is 0 Å². The predicted octanol–water partition coefficient (Wildman–Crippen LogP) is 2.61. The number of benzene rings is 1. The summed E-state index contributed by atoms with van der Waals surface area (Å²) in [6.45, 7) is 5.17. The molecule has 24 heavy (non-hydrogen) atoms. The fourth-order valence-electron chi connectivity index (χ4n) is 2.58. The van der Waals surface area contributed by atoms with E-state index < -0.39 is 14.6 Å². The van der Waals surface area contributed by atoms with Crippen molar-refractivity contribution in [2.24, 2.45) is 4.99 Å². The molecular weight excluding hydrogens is 457 g/mol. The van der Waals surface area contributed by atoms with Crippen LogP contribution in [0.1, 0.15) is 19.4 Å². The molecule has 1 aromatic carbocycles. The summed E-state index contributed by atoms with van der Waals surface area (Å²) in [5.74, 6) is 0.922. The molecule has 1 aromatic rings. The summed E-state index contributed by atoms with van der Waals surface area (Å²) < 4.78 is 23.5. The van der Waals surface area contributed by atoms with Crippen molar-refractivity contribution < 1.29 is 8.42 Å². The van der Waals surface area contributed by atoms with Crippen LogP contribution in [0.4, 0.5) is 0 Å². The second-order valence-corrected chi connectivity index (χ2v) is 9.87. The topological polar surface area (TPSA) is 61.8 Å². The first-order chi connectivity index (χ1) is 10.8. The summed E-state index contributed by atoms with van der Waals surface area (Å²) in [7, 11) is -1.31. The van der Waals surface area contributed by atoms with Crippen LogP contribution < -0.4 is 5.32 Å². The predicted molar refractivity (Wildman–Crippen MR) is 113 cm³/mol. The second-order valence-electron chi connectivity index (χ2n) is 6.25. The molecule has 1 saturated heterocycles. The van der Waals surface area contributed by atoms with E-state index in [1.54, 1.807) is 32.7 Å². The van der Waals surface area contributed by atoms with E-state index in [2.05, 4.69) is 40.8 Å². The Kier molecular flexibility index (Phi) is 7.86. The summed E-state index contributed by atoms with van der Waals surface area (Å²) in [6, 6.07) is 8.38. The highest BCUT2D eigenvalue weighted by molar-refractivity contribution is 14.0. The summed E-state index contributed by atoms with van der Waals surface area (Å²) in [5.41, 5.74) is 1.17. The summed E-state index contributed by atoms with van der Waals surface area (Å²) in [5, 5.41) is 3.33. The Bertz CT molecular complexity index is 673. The first kappa shape index (κ1) is 21.6. The Morgan fingerprint density at radius 1 is 1.33 bits per heavy atom. The molecule has 5 nitrogen and oxygen atoms in total. The molecule has 0 bridgehead atoms. The SMILES string of the molecule is CN=C(NCc1ccc(SC)cc1)N1CCS(=O)(=O)C(C)(C)C1.I. The van der Waals surface area contributed by atoms with Crippen molar-refractivity contribution in [1.82, 2.24) is 10.2 Å². The van der Waals surface area contributed by atoms with Gasteiger partial charge in [-0.2, -0.15) is 0 Å². The fraction of sp³-hybridized carbons (Fsp3) is 0.562. The van der Waals surface area contributed by atoms with E-state index in [0.717, 1.165) is 5.96 Å². The number of nitrogens with zero attached hydrogens (tertiary/aromatic N) is 2. The Balaban J connectivity index is 0.00000288. The number of sulfone groups is 1. The number of hydrogen-bond acceptors (Lipinski definition) is 4. The third kappa shape index (κ3) is 5.01. The largest absolute Gasteiger partial charge is 0.352 e. The average Bonchev–Trinajstić information content (AvgIpc) is 2.52. The van der Waals surface area contributed by atoms with E-state index in [1.807, 2.05) is 4.90 Å². The zero-order valence-corrected chi connectivity index (χ0v) is 18.5. The van der Waals surface area contributed by atoms with Crippen LogP contribution in [0.2, 0.25) is 0 Å². The van der Waals surface area contributed by atoms with Crippen molar-refractivity contribution in [1.29, 1.82) is 0 Å². The van der Waals surface area contributed by atoms with Gasteiger partial charge >= 0.3 is 0 Å². The van der Waals surface area contributed by atoms with E-state index in [-0.39, 0.29) is 29.7 Å². The van der Waals surface area contributed by atoms with Gasteiger partial charge in [0.05, 0.1) is 10.5 Å². The Morgan fingerprint density at radius 3 is 2.46 bits per heavy atom. The molecule has 0 radical (unpaired) electrons. The zero-order valence-electron chi connectivity index (χ0n) is 14.6. The summed E-state index contributed by atoms with van der Waals surface area (Å²) in [4.78, 5) is 7.57. The lowest BCUT2D eigenvalue weighted by Gasteiger charge is -2.39. The third-order valence-electron chi connectivity index (χ3n) is 4.16. The molecule has 0 saturated carbocycles. The van der Waals surface area contributed by atoms with Crippen molar-refractivity contribution in [3.63, 3.8) is 0 Å². The summed E-state index contributed by atoms with van der Waals surface area (Å²) in [6.07, 6.45) is 2.06. The van der Waals surface area contributed by atoms with Crippen molar-refractivity contribution in [2.75, 3.05) is 32.1 Å². The minimum atomic E-state index is -3.04. The highest BCUT2D eigenvalue weighted by Gasteiger charge is 2.40. The lowest BCUT2D eigenvalue weighted by atomic mass is 10.2. The lowest BCUT2D eigenvalue weighted by Crippen LogP contribution is -2.57. The van der Waals surface area contributed by atoms with Crippen molar-refractivity contribution in [3.8, 4) is 0 Å². The minimum Gasteiger partial charge on any atom is -0.352 e. The van der Waals surface area contributed by atoms with Crippen LogP contribution in [-0.4, -0.2) is 56.2 Å². The van der Waals surface area contributed by atoms with Gasteiger partial charge in [-0.1, -0.05) is 12.1 Å². The van der Waals surface area contributed by atoms with Gasteiger partial charge in [-0.25, -0.2) is 8.42 Å². The molecule has 0 spiro atoms. The molecule has 1 fully saturated rings. The number of guanidine groups is 1. The number of nitrogens with one attached hydrogen (secondary N) is 1. The zero-order chi connectivity index (χ0) is 17.1. The maximum absolute atomic E-state index is 12.1. The first-order valence-corrected chi connectivity index (χ1v) is 10.5. The normalized spacial score (nSPS) is 19.5. The maximum Gasteiger partial charge on any atom is 0.193 e. The van der Waals surface area contributed by atoms with Gasteiger partial charge in [0.15, 0.2) is 15.8 Å². The minimum absolute atomic E-state index is 0. The van der Waals surface area contributed by atoms with Crippen LogP contribution >= 0.6 is 35.7 Å². The molecule has 0 unspecified atom stereocenters. The maximum atomic E-state index is 12.1. The molecule has 0 aliphatic carbocycles. The molecular formula is C16H26IN3O2S2. The molecule has 136 valence electrons. The van der Waals surface area contributed by atoms with Crippen molar-refractivity contribution in [2.45, 2.75) is 30.0 Å². The van der Waals surface area contributed by atoms with Crippen LogP contribution in [0.3, 0.4) is 0 Å². The number of rotatable bonds is 3. The molecule has 1 heterocycles. The molecule has 0 amide bonds. The van der Waals surface area contributed by atoms with Gasteiger partial charge in [-0.3, -0.25) is 4.99 Å². The van der Waals surface area contributed by atoms with E-state index in [1.165, 1.54) is 10.5 Å². The van der Waals surface area contributed by atoms with Gasteiger partial charge in [0, 0.05) is 31.6 Å². The Morgan fingerprint density at radius 2 is 1.96 bits per heavy atom. The third-order valence-corrected chi connectivity index (χ3v) is 7.44. The van der Waals surface area contributed by atoms with E-state index >= 15 is 0 Å². The van der Waals surface area contributed by atoms with E-state index in [9.17, 15) is 8.42 Å². The molecule has 1 aliphatic rings. The monoisotopic (exact) mass is 483 g/mol. The standard InChI is InChI=1S/C16H25N3O2S2.HI/c1-16(2)12-19(9-10-23(16,20)21)15(17-3)18-11-13-5-7-14(22-4)8-6-13;/h5-8H,9-12H2,1-4H3,(H,17,18);1H. The molecule has 2 rings (SSSR count). The number of halogens is 1. The van der Waals surface area contributed by atoms with Crippen molar-refractivity contribution in [3.05, 3.63) is 29.8 Å². The molecule has 0 aromatic heterocycles. The van der Waals surface area contributed by atoms with Gasteiger partial charge in [-0.05, 0) is 37.8 Å². The van der Waals surface area contributed by atoms with E-state index in [4.69, 9.17) is 0 Å². The van der Waals surface area contributed by atoms with Gasteiger partial charge in [-0.15, -0.1) is 35.7 Å². The van der Waals surface area contributed by atoms with Crippen LogP contribution in [-0.2, 0) is 16.4 Å². The smallest absolute Gasteiger partial charge is 0.193 e. The molecule has 1 aliphatic heterocycles. The van der Waals surface area contributed by atoms with Gasteiger partial charge < -0.3 is 10.2 Å². The highest BCUT2D eigenvalue weighted by atomic mass is 127. The van der Waals surface area contributed by atoms with Gasteiger partial charge in [0.1, 0.15) is 0 Å². The Labute approximate surface area is 166 Å². The lowest BCUT2D eigenvalue weighted by molar-refractivity contribution is 0.353. The van der Waals surface area contributed by atoms with Crippen LogP contribution in [0.25, 0.3) is 0 Å². The van der Waals surface area contributed by atoms with Crippen molar-refractivity contribution >= 4 is 51.5 Å². The second kappa shape index (κ2) is 8.75. The summed E-state index contributed by atoms with van der Waals surface area (Å²) >= 11 is 1.72. The molecule has 1 N–H and O–H groups in total. The van der Waals surface area contributed by atoms with Crippen LogP contribution in [0.15, 0.2) is 34.2 Å². The highest BCUT2D eigenvalue weighted by Crippen LogP contribution is 2.23. The quantitative estimate of drug-likeness (QED) is 0.310. The molecule has 8 heteroatoms. The number of hydrogen-bond donors (Lipinski definition) is 1. The Hall–Kier alpha value is -0.480. The van der Waals surface area contributed by atoms with Crippen LogP contribution in [0, 0.1) is 0 Å².